The molecule has 15 heavy (non-hydrogen) atoms. The van der Waals surface area contributed by atoms with Crippen LogP contribution < -0.4 is 5.32 Å². The lowest BCUT2D eigenvalue weighted by Gasteiger charge is -2.02. The topological polar surface area (TPSA) is 37.8 Å². The second kappa shape index (κ2) is 4.66. The lowest BCUT2D eigenvalue weighted by molar-refractivity contribution is 0.787. The smallest absolute Gasteiger partial charge is 0.116 e. The Labute approximate surface area is 89.2 Å². The fraction of sp³-hybridized carbons (Fsp3) is 0.167. The summed E-state index contributed by atoms with van der Waals surface area (Å²) in [5.74, 6) is 0. The van der Waals surface area contributed by atoms with Gasteiger partial charge in [0.15, 0.2) is 0 Å². The molecule has 2 aromatic rings. The maximum absolute atomic E-state index is 4.25. The van der Waals surface area contributed by atoms with Crippen molar-refractivity contribution in [3.63, 3.8) is 0 Å². The van der Waals surface area contributed by atoms with E-state index in [-0.39, 0.29) is 0 Å². The summed E-state index contributed by atoms with van der Waals surface area (Å²) in [5.41, 5.74) is 3.10. The van der Waals surface area contributed by atoms with E-state index in [9.17, 15) is 0 Å². The molecule has 0 fully saturated rings. The van der Waals surface area contributed by atoms with E-state index in [4.69, 9.17) is 0 Å². The van der Waals surface area contributed by atoms with Crippen molar-refractivity contribution < 1.29 is 0 Å². The highest BCUT2D eigenvalue weighted by Crippen LogP contribution is 2.15. The molecule has 0 spiro atoms. The zero-order valence-corrected chi connectivity index (χ0v) is 8.64. The fourth-order valence-corrected chi connectivity index (χ4v) is 1.44. The summed E-state index contributed by atoms with van der Waals surface area (Å²) in [4.78, 5) is 8.43. The molecule has 0 aliphatic rings. The van der Waals surface area contributed by atoms with Crippen LogP contribution in [0.4, 0.5) is 0 Å². The van der Waals surface area contributed by atoms with Gasteiger partial charge in [-0.3, -0.25) is 0 Å². The zero-order valence-electron chi connectivity index (χ0n) is 8.64. The van der Waals surface area contributed by atoms with Gasteiger partial charge in [0.05, 0.1) is 11.4 Å². The van der Waals surface area contributed by atoms with E-state index in [1.807, 2.05) is 43.4 Å². The molecule has 0 atom stereocenters. The van der Waals surface area contributed by atoms with E-state index < -0.39 is 0 Å². The van der Waals surface area contributed by atoms with E-state index in [1.54, 1.807) is 6.33 Å². The SMILES string of the molecule is CNCc1cc(-c2ccccc2)ncn1. The van der Waals surface area contributed by atoms with Gasteiger partial charge in [-0.15, -0.1) is 0 Å². The predicted molar refractivity (Wildman–Crippen MR) is 60.2 cm³/mol. The van der Waals surface area contributed by atoms with Crippen molar-refractivity contribution in [3.8, 4) is 11.3 Å². The Morgan fingerprint density at radius 3 is 2.67 bits per heavy atom. The van der Waals surface area contributed by atoms with Gasteiger partial charge in [0.25, 0.3) is 0 Å². The molecule has 0 aliphatic heterocycles. The Bertz CT molecular complexity index is 426. The van der Waals surface area contributed by atoms with Gasteiger partial charge in [0.2, 0.25) is 0 Å². The molecular formula is C12H13N3. The van der Waals surface area contributed by atoms with Crippen LogP contribution in [0.5, 0.6) is 0 Å². The first-order valence-electron chi connectivity index (χ1n) is 4.91. The third-order valence-corrected chi connectivity index (χ3v) is 2.15. The van der Waals surface area contributed by atoms with Crippen molar-refractivity contribution in [1.29, 1.82) is 0 Å². The van der Waals surface area contributed by atoms with Crippen LogP contribution in [0, 0.1) is 0 Å². The van der Waals surface area contributed by atoms with Crippen LogP contribution in [0.15, 0.2) is 42.7 Å². The quantitative estimate of drug-likeness (QED) is 0.820. The zero-order chi connectivity index (χ0) is 10.5. The van der Waals surface area contributed by atoms with E-state index in [2.05, 4.69) is 15.3 Å². The molecule has 1 aromatic heterocycles. The molecule has 0 unspecified atom stereocenters. The minimum absolute atomic E-state index is 0.766. The second-order valence-corrected chi connectivity index (χ2v) is 3.29. The third-order valence-electron chi connectivity index (χ3n) is 2.15. The normalized spacial score (nSPS) is 10.2. The summed E-state index contributed by atoms with van der Waals surface area (Å²) in [6.45, 7) is 0.766. The van der Waals surface area contributed by atoms with E-state index in [0.717, 1.165) is 23.5 Å². The van der Waals surface area contributed by atoms with Gasteiger partial charge in [-0.05, 0) is 13.1 Å². The van der Waals surface area contributed by atoms with Gasteiger partial charge in [0, 0.05) is 12.1 Å². The van der Waals surface area contributed by atoms with Gasteiger partial charge >= 0.3 is 0 Å². The van der Waals surface area contributed by atoms with Crippen molar-refractivity contribution in [1.82, 2.24) is 15.3 Å². The van der Waals surface area contributed by atoms with Crippen LogP contribution in [0.2, 0.25) is 0 Å². The number of hydrogen-bond donors (Lipinski definition) is 1. The molecule has 1 heterocycles. The van der Waals surface area contributed by atoms with E-state index in [1.165, 1.54) is 0 Å². The molecule has 0 saturated heterocycles. The minimum Gasteiger partial charge on any atom is -0.314 e. The molecule has 0 aliphatic carbocycles. The molecule has 0 bridgehead atoms. The Morgan fingerprint density at radius 2 is 1.93 bits per heavy atom. The van der Waals surface area contributed by atoms with Gasteiger partial charge in [-0.2, -0.15) is 0 Å². The number of nitrogens with one attached hydrogen (secondary N) is 1. The maximum Gasteiger partial charge on any atom is 0.116 e. The standard InChI is InChI=1S/C12H13N3/c1-13-8-11-7-12(15-9-14-11)10-5-3-2-4-6-10/h2-7,9,13H,8H2,1H3. The lowest BCUT2D eigenvalue weighted by Crippen LogP contribution is -2.07. The number of nitrogens with zero attached hydrogens (tertiary/aromatic N) is 2. The highest BCUT2D eigenvalue weighted by atomic mass is 14.9. The van der Waals surface area contributed by atoms with Crippen LogP contribution in [0.3, 0.4) is 0 Å². The van der Waals surface area contributed by atoms with Crippen molar-refractivity contribution in [3.05, 3.63) is 48.4 Å². The molecule has 3 heteroatoms. The summed E-state index contributed by atoms with van der Waals surface area (Å²) in [6, 6.07) is 12.1. The predicted octanol–water partition coefficient (Wildman–Crippen LogP) is 1.86. The summed E-state index contributed by atoms with van der Waals surface area (Å²) in [5, 5.41) is 3.07. The Balaban J connectivity index is 2.33. The molecule has 1 aromatic carbocycles. The van der Waals surface area contributed by atoms with Crippen LogP contribution >= 0.6 is 0 Å². The highest BCUT2D eigenvalue weighted by Gasteiger charge is 1.99. The van der Waals surface area contributed by atoms with Crippen molar-refractivity contribution in [2.24, 2.45) is 0 Å². The first kappa shape index (κ1) is 9.80. The second-order valence-electron chi connectivity index (χ2n) is 3.29. The van der Waals surface area contributed by atoms with E-state index in [0.29, 0.717) is 0 Å². The van der Waals surface area contributed by atoms with Crippen molar-refractivity contribution in [2.75, 3.05) is 7.05 Å². The number of rotatable bonds is 3. The molecule has 0 saturated carbocycles. The number of hydrogen-bond acceptors (Lipinski definition) is 3. The van der Waals surface area contributed by atoms with Crippen LogP contribution in [-0.4, -0.2) is 17.0 Å². The maximum atomic E-state index is 4.25. The molecule has 3 nitrogen and oxygen atoms in total. The monoisotopic (exact) mass is 199 g/mol. The summed E-state index contributed by atoms with van der Waals surface area (Å²) in [6.07, 6.45) is 1.61. The molecule has 76 valence electrons. The largest absolute Gasteiger partial charge is 0.314 e. The van der Waals surface area contributed by atoms with Crippen LogP contribution in [-0.2, 0) is 6.54 Å². The lowest BCUT2D eigenvalue weighted by atomic mass is 10.1. The Morgan fingerprint density at radius 1 is 1.13 bits per heavy atom. The van der Waals surface area contributed by atoms with Gasteiger partial charge < -0.3 is 5.32 Å². The average molecular weight is 199 g/mol. The van der Waals surface area contributed by atoms with Gasteiger partial charge in [0.1, 0.15) is 6.33 Å². The number of benzene rings is 1. The summed E-state index contributed by atoms with van der Waals surface area (Å²) in [7, 11) is 1.91. The first-order valence-corrected chi connectivity index (χ1v) is 4.91. The van der Waals surface area contributed by atoms with E-state index >= 15 is 0 Å². The first-order chi connectivity index (χ1) is 7.40. The molecule has 1 N–H and O–H groups in total. The third kappa shape index (κ3) is 2.39. The minimum atomic E-state index is 0.766. The Kier molecular flexibility index (Phi) is 3.05. The highest BCUT2D eigenvalue weighted by molar-refractivity contribution is 5.58. The molecule has 0 amide bonds. The summed E-state index contributed by atoms with van der Waals surface area (Å²) >= 11 is 0. The average Bonchev–Trinajstić information content (AvgIpc) is 2.31. The van der Waals surface area contributed by atoms with Crippen LogP contribution in [0.25, 0.3) is 11.3 Å². The van der Waals surface area contributed by atoms with Crippen LogP contribution in [0.1, 0.15) is 5.69 Å². The molecule has 0 radical (unpaired) electrons. The van der Waals surface area contributed by atoms with Gasteiger partial charge in [-0.1, -0.05) is 30.3 Å². The fourth-order valence-electron chi connectivity index (χ4n) is 1.44. The van der Waals surface area contributed by atoms with Gasteiger partial charge in [-0.25, -0.2) is 9.97 Å². The summed E-state index contributed by atoms with van der Waals surface area (Å²) < 4.78 is 0. The molecule has 2 rings (SSSR count). The molecular weight excluding hydrogens is 186 g/mol. The number of aromatic nitrogens is 2. The van der Waals surface area contributed by atoms with Crippen molar-refractivity contribution >= 4 is 0 Å². The Hall–Kier alpha value is -1.74. The van der Waals surface area contributed by atoms with Crippen molar-refractivity contribution in [2.45, 2.75) is 6.54 Å².